The maximum absolute atomic E-state index is 12.7. The lowest BCUT2D eigenvalue weighted by Gasteiger charge is -2.11. The van der Waals surface area contributed by atoms with Gasteiger partial charge in [0.05, 0.1) is 19.1 Å². The van der Waals surface area contributed by atoms with E-state index in [-0.39, 0.29) is 23.4 Å². The second kappa shape index (κ2) is 9.53. The number of nitro groups is 1. The first kappa shape index (κ1) is 22.0. The number of non-ortho nitro benzene ring substituents is 1. The zero-order valence-corrected chi connectivity index (χ0v) is 19.4. The van der Waals surface area contributed by atoms with Gasteiger partial charge in [-0.3, -0.25) is 19.7 Å². The summed E-state index contributed by atoms with van der Waals surface area (Å²) in [5.74, 6) is 0.304. The van der Waals surface area contributed by atoms with Crippen molar-refractivity contribution in [1.29, 1.82) is 0 Å². The molecule has 0 atom stereocenters. The molecular weight excluding hydrogens is 543 g/mol. The third-order valence-corrected chi connectivity index (χ3v) is 6.32. The Morgan fingerprint density at radius 2 is 1.75 bits per heavy atom. The molecule has 0 saturated carbocycles. The van der Waals surface area contributed by atoms with Gasteiger partial charge in [0.25, 0.3) is 16.8 Å². The molecule has 7 nitrogen and oxygen atoms in total. The van der Waals surface area contributed by atoms with Crippen molar-refractivity contribution in [2.45, 2.75) is 6.61 Å². The van der Waals surface area contributed by atoms with E-state index in [1.807, 2.05) is 18.2 Å². The Balaban J connectivity index is 1.46. The summed E-state index contributed by atoms with van der Waals surface area (Å²) in [5.41, 5.74) is 2.16. The van der Waals surface area contributed by atoms with Gasteiger partial charge >= 0.3 is 0 Å². The van der Waals surface area contributed by atoms with Gasteiger partial charge in [-0.1, -0.05) is 24.3 Å². The molecule has 1 aliphatic heterocycles. The van der Waals surface area contributed by atoms with Crippen LogP contribution in [0.2, 0.25) is 0 Å². The second-order valence-corrected chi connectivity index (χ2v) is 8.91. The third kappa shape index (κ3) is 4.83. The van der Waals surface area contributed by atoms with Crippen LogP contribution in [-0.4, -0.2) is 16.1 Å². The Kier molecular flexibility index (Phi) is 6.56. The Hall–Kier alpha value is -3.18. The van der Waals surface area contributed by atoms with Crippen molar-refractivity contribution in [2.24, 2.45) is 0 Å². The quantitative estimate of drug-likeness (QED) is 0.159. The molecule has 1 saturated heterocycles. The minimum Gasteiger partial charge on any atom is -0.488 e. The number of imide groups is 1. The van der Waals surface area contributed by atoms with Crippen molar-refractivity contribution in [2.75, 3.05) is 4.90 Å². The lowest BCUT2D eigenvalue weighted by molar-refractivity contribution is -0.384. The first-order chi connectivity index (χ1) is 15.4. The average Bonchev–Trinajstić information content (AvgIpc) is 3.06. The van der Waals surface area contributed by atoms with Crippen LogP contribution in [-0.2, 0) is 11.4 Å². The van der Waals surface area contributed by atoms with E-state index in [2.05, 4.69) is 22.6 Å². The Morgan fingerprint density at radius 3 is 2.41 bits per heavy atom. The molecule has 0 bridgehead atoms. The molecule has 160 valence electrons. The number of hydrogen-bond acceptors (Lipinski definition) is 6. The minimum absolute atomic E-state index is 0.0318. The fourth-order valence-corrected chi connectivity index (χ4v) is 4.55. The summed E-state index contributed by atoms with van der Waals surface area (Å²) in [7, 11) is 0. The minimum atomic E-state index is -0.444. The Bertz CT molecular complexity index is 1230. The molecule has 0 unspecified atom stereocenters. The van der Waals surface area contributed by atoms with E-state index in [0.29, 0.717) is 16.3 Å². The highest BCUT2D eigenvalue weighted by Crippen LogP contribution is 2.36. The molecule has 0 N–H and O–H groups in total. The number of halogens is 1. The summed E-state index contributed by atoms with van der Waals surface area (Å²) in [6, 6.07) is 20.5. The molecular formula is C23H15IN2O5S. The molecule has 1 aliphatic rings. The number of para-hydroxylation sites is 1. The van der Waals surface area contributed by atoms with Crippen molar-refractivity contribution in [3.05, 3.63) is 103 Å². The molecule has 0 radical (unpaired) electrons. The van der Waals surface area contributed by atoms with Crippen LogP contribution in [0, 0.1) is 13.7 Å². The van der Waals surface area contributed by atoms with Crippen LogP contribution in [0.5, 0.6) is 5.75 Å². The van der Waals surface area contributed by atoms with E-state index >= 15 is 0 Å². The largest absolute Gasteiger partial charge is 0.488 e. The number of thioether (sulfide) groups is 1. The maximum atomic E-state index is 12.7. The summed E-state index contributed by atoms with van der Waals surface area (Å²) in [4.78, 5) is 36.9. The molecule has 2 amide bonds. The number of benzene rings is 3. The van der Waals surface area contributed by atoms with Crippen LogP contribution in [0.1, 0.15) is 11.1 Å². The van der Waals surface area contributed by atoms with Crippen LogP contribution in [0.15, 0.2) is 77.7 Å². The summed E-state index contributed by atoms with van der Waals surface area (Å²) < 4.78 is 6.66. The van der Waals surface area contributed by atoms with Gasteiger partial charge in [0.15, 0.2) is 0 Å². The Morgan fingerprint density at radius 1 is 1.03 bits per heavy atom. The van der Waals surface area contributed by atoms with E-state index in [9.17, 15) is 19.7 Å². The summed E-state index contributed by atoms with van der Waals surface area (Å²) >= 11 is 3.05. The summed E-state index contributed by atoms with van der Waals surface area (Å²) in [6.07, 6.45) is 1.69. The smallest absolute Gasteiger partial charge is 0.298 e. The standard InChI is InChI=1S/C23H15IN2O5S/c24-19-12-16(8-11-20(19)31-14-15-6-9-18(10-7-15)26(29)30)13-21-22(27)25(23(28)32-21)17-4-2-1-3-5-17/h1-13H,14H2/b21-13-. The van der Waals surface area contributed by atoms with Gasteiger partial charge in [0.1, 0.15) is 12.4 Å². The van der Waals surface area contributed by atoms with E-state index in [4.69, 9.17) is 4.74 Å². The van der Waals surface area contributed by atoms with Gasteiger partial charge in [0.2, 0.25) is 0 Å². The van der Waals surface area contributed by atoms with Crippen LogP contribution in [0.25, 0.3) is 6.08 Å². The molecule has 0 spiro atoms. The normalized spacial score (nSPS) is 14.8. The Labute approximate surface area is 201 Å². The van der Waals surface area contributed by atoms with Gasteiger partial charge in [-0.2, -0.15) is 0 Å². The maximum Gasteiger partial charge on any atom is 0.298 e. The van der Waals surface area contributed by atoms with E-state index in [1.165, 1.54) is 17.0 Å². The zero-order chi connectivity index (χ0) is 22.7. The number of rotatable bonds is 6. The van der Waals surface area contributed by atoms with Crippen LogP contribution >= 0.6 is 34.4 Å². The lowest BCUT2D eigenvalue weighted by atomic mass is 10.2. The predicted octanol–water partition coefficient (Wildman–Crippen LogP) is 6.02. The number of nitrogens with zero attached hydrogens (tertiary/aromatic N) is 2. The number of nitro benzene ring substituents is 1. The molecule has 0 aliphatic carbocycles. The summed E-state index contributed by atoms with van der Waals surface area (Å²) in [5, 5.41) is 10.4. The van der Waals surface area contributed by atoms with Crippen LogP contribution in [0.4, 0.5) is 16.2 Å². The fraction of sp³-hybridized carbons (Fsp3) is 0.0435. The highest BCUT2D eigenvalue weighted by atomic mass is 127. The average molecular weight is 558 g/mol. The fourth-order valence-electron chi connectivity index (χ4n) is 3.02. The first-order valence-corrected chi connectivity index (χ1v) is 11.3. The second-order valence-electron chi connectivity index (χ2n) is 6.75. The summed E-state index contributed by atoms with van der Waals surface area (Å²) in [6.45, 7) is 0.267. The van der Waals surface area contributed by atoms with Crippen LogP contribution in [0.3, 0.4) is 0 Å². The SMILES string of the molecule is O=C1S/C(=C\c2ccc(OCc3ccc([N+](=O)[O-])cc3)c(I)c2)C(=O)N1c1ccccc1. The molecule has 4 rings (SSSR count). The van der Waals surface area contributed by atoms with E-state index in [0.717, 1.165) is 26.5 Å². The molecule has 9 heteroatoms. The number of carbonyl (C=O) groups is 2. The predicted molar refractivity (Wildman–Crippen MR) is 131 cm³/mol. The lowest BCUT2D eigenvalue weighted by Crippen LogP contribution is -2.27. The van der Waals surface area contributed by atoms with E-state index < -0.39 is 4.92 Å². The van der Waals surface area contributed by atoms with Gasteiger partial charge in [-0.25, -0.2) is 4.90 Å². The van der Waals surface area contributed by atoms with Crippen molar-refractivity contribution >= 4 is 62.9 Å². The first-order valence-electron chi connectivity index (χ1n) is 9.41. The highest BCUT2D eigenvalue weighted by Gasteiger charge is 2.36. The number of hydrogen-bond donors (Lipinski definition) is 0. The van der Waals surface area contributed by atoms with Gasteiger partial charge < -0.3 is 4.74 Å². The van der Waals surface area contributed by atoms with Gasteiger partial charge in [-0.15, -0.1) is 0 Å². The molecule has 1 fully saturated rings. The molecule has 3 aromatic carbocycles. The number of anilines is 1. The van der Waals surface area contributed by atoms with Gasteiger partial charge in [0, 0.05) is 12.1 Å². The van der Waals surface area contributed by atoms with Crippen molar-refractivity contribution in [3.8, 4) is 5.75 Å². The van der Waals surface area contributed by atoms with Gasteiger partial charge in [-0.05, 0) is 88.0 Å². The topological polar surface area (TPSA) is 89.7 Å². The van der Waals surface area contributed by atoms with Crippen molar-refractivity contribution in [3.63, 3.8) is 0 Å². The molecule has 3 aromatic rings. The van der Waals surface area contributed by atoms with E-state index in [1.54, 1.807) is 48.5 Å². The number of ether oxygens (including phenoxy) is 1. The van der Waals surface area contributed by atoms with Crippen molar-refractivity contribution < 1.29 is 19.2 Å². The number of amides is 2. The molecule has 1 heterocycles. The molecule has 32 heavy (non-hydrogen) atoms. The monoisotopic (exact) mass is 558 g/mol. The number of carbonyl (C=O) groups excluding carboxylic acids is 2. The third-order valence-electron chi connectivity index (χ3n) is 4.60. The van der Waals surface area contributed by atoms with Crippen molar-refractivity contribution in [1.82, 2.24) is 0 Å². The highest BCUT2D eigenvalue weighted by molar-refractivity contribution is 14.1. The zero-order valence-electron chi connectivity index (χ0n) is 16.4. The molecule has 0 aromatic heterocycles. The van der Waals surface area contributed by atoms with Crippen LogP contribution < -0.4 is 9.64 Å².